The van der Waals surface area contributed by atoms with Crippen LogP contribution in [-0.2, 0) is 28.6 Å². The Morgan fingerprint density at radius 1 is 0.290 bits per heavy atom. The second kappa shape index (κ2) is 58.5. The maximum absolute atomic E-state index is 12.9. The summed E-state index contributed by atoms with van der Waals surface area (Å²) in [6.07, 6.45) is 68.9. The normalized spacial score (nSPS) is 12.1. The first kappa shape index (κ1) is 66.9. The van der Waals surface area contributed by atoms with Crippen molar-refractivity contribution < 1.29 is 28.6 Å². The lowest BCUT2D eigenvalue weighted by Gasteiger charge is -2.18. The standard InChI is InChI=1S/C63H118O6/c1-4-7-10-13-16-19-22-25-27-29-31-33-35-38-41-44-47-50-53-56-62(65)68-59-60(58-67-61(64)55-52-49-46-43-40-37-24-21-18-15-12-9-6-3)69-63(66)57-54-51-48-45-42-39-36-34-32-30-28-26-23-20-17-14-11-8-5-2/h16,19,25,27,60H,4-15,17-18,20-24,26,28-59H2,1-3H3/b19-16-,27-25-. The minimum atomic E-state index is -0.768. The Morgan fingerprint density at radius 3 is 0.826 bits per heavy atom. The van der Waals surface area contributed by atoms with Crippen molar-refractivity contribution in [3.8, 4) is 0 Å². The highest BCUT2D eigenvalue weighted by atomic mass is 16.6. The fourth-order valence-corrected chi connectivity index (χ4v) is 9.30. The Labute approximate surface area is 430 Å². The minimum absolute atomic E-state index is 0.0664. The van der Waals surface area contributed by atoms with Crippen molar-refractivity contribution in [1.82, 2.24) is 0 Å². The third kappa shape index (κ3) is 56.7. The molecule has 0 aliphatic heterocycles. The number of esters is 3. The van der Waals surface area contributed by atoms with Gasteiger partial charge in [-0.1, -0.05) is 295 Å². The van der Waals surface area contributed by atoms with Gasteiger partial charge in [-0.3, -0.25) is 14.4 Å². The van der Waals surface area contributed by atoms with E-state index in [0.29, 0.717) is 19.3 Å². The van der Waals surface area contributed by atoms with Crippen molar-refractivity contribution in [1.29, 1.82) is 0 Å². The molecule has 0 aromatic carbocycles. The number of hydrogen-bond donors (Lipinski definition) is 0. The zero-order valence-electron chi connectivity index (χ0n) is 46.6. The Morgan fingerprint density at radius 2 is 0.522 bits per heavy atom. The van der Waals surface area contributed by atoms with E-state index >= 15 is 0 Å². The van der Waals surface area contributed by atoms with Crippen molar-refractivity contribution in [2.75, 3.05) is 13.2 Å². The van der Waals surface area contributed by atoms with Crippen molar-refractivity contribution in [2.45, 2.75) is 348 Å². The number of carbonyl (C=O) groups is 3. The Bertz CT molecular complexity index is 1110. The summed E-state index contributed by atoms with van der Waals surface area (Å²) >= 11 is 0. The number of unbranched alkanes of at least 4 members (excludes halogenated alkanes) is 42. The second-order valence-corrected chi connectivity index (χ2v) is 21.0. The molecular weight excluding hydrogens is 853 g/mol. The molecule has 0 saturated heterocycles. The van der Waals surface area contributed by atoms with Crippen LogP contribution in [0.2, 0.25) is 0 Å². The molecule has 6 nitrogen and oxygen atoms in total. The van der Waals surface area contributed by atoms with Crippen molar-refractivity contribution in [3.63, 3.8) is 0 Å². The van der Waals surface area contributed by atoms with Crippen LogP contribution in [0, 0.1) is 0 Å². The first-order chi connectivity index (χ1) is 34.0. The molecule has 0 saturated carbocycles. The summed E-state index contributed by atoms with van der Waals surface area (Å²) in [7, 11) is 0. The lowest BCUT2D eigenvalue weighted by atomic mass is 10.0. The third-order valence-electron chi connectivity index (χ3n) is 14.0. The van der Waals surface area contributed by atoms with Gasteiger partial charge in [0.15, 0.2) is 6.10 Å². The van der Waals surface area contributed by atoms with Gasteiger partial charge in [-0.25, -0.2) is 0 Å². The maximum atomic E-state index is 12.9. The average Bonchev–Trinajstić information content (AvgIpc) is 3.35. The average molecular weight is 972 g/mol. The van der Waals surface area contributed by atoms with Gasteiger partial charge in [0.05, 0.1) is 0 Å². The molecule has 0 aromatic rings. The van der Waals surface area contributed by atoms with Gasteiger partial charge in [0.2, 0.25) is 0 Å². The fraction of sp³-hybridized carbons (Fsp3) is 0.889. The van der Waals surface area contributed by atoms with Gasteiger partial charge in [0.1, 0.15) is 13.2 Å². The lowest BCUT2D eigenvalue weighted by molar-refractivity contribution is -0.167. The predicted octanol–water partition coefficient (Wildman–Crippen LogP) is 20.7. The van der Waals surface area contributed by atoms with E-state index in [0.717, 1.165) is 64.2 Å². The largest absolute Gasteiger partial charge is 0.462 e. The molecule has 0 N–H and O–H groups in total. The van der Waals surface area contributed by atoms with Gasteiger partial charge in [0.25, 0.3) is 0 Å². The van der Waals surface area contributed by atoms with Crippen LogP contribution in [0.25, 0.3) is 0 Å². The number of hydrogen-bond acceptors (Lipinski definition) is 6. The highest BCUT2D eigenvalue weighted by Gasteiger charge is 2.19. The van der Waals surface area contributed by atoms with E-state index in [1.807, 2.05) is 0 Å². The van der Waals surface area contributed by atoms with E-state index in [9.17, 15) is 14.4 Å². The predicted molar refractivity (Wildman–Crippen MR) is 298 cm³/mol. The van der Waals surface area contributed by atoms with Crippen LogP contribution in [0.3, 0.4) is 0 Å². The van der Waals surface area contributed by atoms with Gasteiger partial charge in [0, 0.05) is 19.3 Å². The molecule has 406 valence electrons. The molecule has 1 unspecified atom stereocenters. The fourth-order valence-electron chi connectivity index (χ4n) is 9.30. The third-order valence-corrected chi connectivity index (χ3v) is 14.0. The van der Waals surface area contributed by atoms with Gasteiger partial charge in [-0.05, 0) is 51.4 Å². The molecule has 0 heterocycles. The van der Waals surface area contributed by atoms with Crippen LogP contribution in [0.5, 0.6) is 0 Å². The molecule has 0 fully saturated rings. The Balaban J connectivity index is 4.29. The number of ether oxygens (including phenoxy) is 3. The topological polar surface area (TPSA) is 78.9 Å². The lowest BCUT2D eigenvalue weighted by Crippen LogP contribution is -2.30. The molecule has 1 atom stereocenters. The summed E-state index contributed by atoms with van der Waals surface area (Å²) in [6, 6.07) is 0. The van der Waals surface area contributed by atoms with Gasteiger partial charge >= 0.3 is 17.9 Å². The Hall–Kier alpha value is -2.11. The summed E-state index contributed by atoms with van der Waals surface area (Å²) in [6.45, 7) is 6.67. The molecule has 0 amide bonds. The van der Waals surface area contributed by atoms with Crippen LogP contribution < -0.4 is 0 Å². The molecule has 0 bridgehead atoms. The molecule has 0 radical (unpaired) electrons. The highest BCUT2D eigenvalue weighted by Crippen LogP contribution is 2.18. The Kier molecular flexibility index (Phi) is 56.7. The van der Waals surface area contributed by atoms with Crippen molar-refractivity contribution >= 4 is 17.9 Å². The van der Waals surface area contributed by atoms with Crippen LogP contribution in [0.15, 0.2) is 24.3 Å². The monoisotopic (exact) mass is 971 g/mol. The van der Waals surface area contributed by atoms with E-state index in [2.05, 4.69) is 45.1 Å². The molecule has 0 rings (SSSR count). The first-order valence-electron chi connectivity index (χ1n) is 30.8. The van der Waals surface area contributed by atoms with Gasteiger partial charge in [-0.15, -0.1) is 0 Å². The van der Waals surface area contributed by atoms with E-state index in [-0.39, 0.29) is 31.1 Å². The van der Waals surface area contributed by atoms with Crippen LogP contribution in [0.1, 0.15) is 342 Å². The van der Waals surface area contributed by atoms with E-state index < -0.39 is 6.10 Å². The SMILES string of the molecule is CCCCC/C=C\C/C=C\CCCCCCCCCCCC(=O)OCC(COC(=O)CCCCCCCCCCCCCCC)OC(=O)CCCCCCCCCCCCCCCCCCCCC. The quantitative estimate of drug-likeness (QED) is 0.0261. The molecule has 0 spiro atoms. The van der Waals surface area contributed by atoms with E-state index in [4.69, 9.17) is 14.2 Å². The summed E-state index contributed by atoms with van der Waals surface area (Å²) in [4.78, 5) is 38.2. The molecule has 6 heteroatoms. The summed E-state index contributed by atoms with van der Waals surface area (Å²) in [5, 5.41) is 0. The van der Waals surface area contributed by atoms with E-state index in [1.165, 1.54) is 238 Å². The van der Waals surface area contributed by atoms with Crippen molar-refractivity contribution in [3.05, 3.63) is 24.3 Å². The van der Waals surface area contributed by atoms with Crippen LogP contribution in [-0.4, -0.2) is 37.2 Å². The van der Waals surface area contributed by atoms with Crippen LogP contribution in [0.4, 0.5) is 0 Å². The molecule has 0 aliphatic rings. The summed E-state index contributed by atoms with van der Waals surface area (Å²) < 4.78 is 16.9. The summed E-state index contributed by atoms with van der Waals surface area (Å²) in [5.74, 6) is -0.845. The zero-order valence-corrected chi connectivity index (χ0v) is 46.6. The molecule has 0 aliphatic carbocycles. The minimum Gasteiger partial charge on any atom is -0.462 e. The molecule has 0 aromatic heterocycles. The maximum Gasteiger partial charge on any atom is 0.306 e. The zero-order chi connectivity index (χ0) is 50.0. The van der Waals surface area contributed by atoms with E-state index in [1.54, 1.807) is 0 Å². The smallest absolute Gasteiger partial charge is 0.306 e. The number of carbonyl (C=O) groups excluding carboxylic acids is 3. The van der Waals surface area contributed by atoms with Gasteiger partial charge < -0.3 is 14.2 Å². The van der Waals surface area contributed by atoms with Crippen molar-refractivity contribution in [2.24, 2.45) is 0 Å². The number of rotatable bonds is 57. The highest BCUT2D eigenvalue weighted by molar-refractivity contribution is 5.71. The molecule has 69 heavy (non-hydrogen) atoms. The first-order valence-corrected chi connectivity index (χ1v) is 30.8. The van der Waals surface area contributed by atoms with Gasteiger partial charge in [-0.2, -0.15) is 0 Å². The molecular formula is C63H118O6. The second-order valence-electron chi connectivity index (χ2n) is 21.0. The van der Waals surface area contributed by atoms with Crippen LogP contribution >= 0.6 is 0 Å². The summed E-state index contributed by atoms with van der Waals surface area (Å²) in [5.41, 5.74) is 0. The number of allylic oxidation sites excluding steroid dienone is 4.